The first-order chi connectivity index (χ1) is 8.19. The van der Waals surface area contributed by atoms with Crippen LogP contribution in [-0.2, 0) is 4.74 Å². The zero-order chi connectivity index (χ0) is 12.7. The van der Waals surface area contributed by atoms with Gasteiger partial charge >= 0.3 is 5.97 Å². The molecule has 0 aliphatic heterocycles. The molecular formula is C14H19BrO2. The normalized spacial score (nSPS) is 12.2. The van der Waals surface area contributed by atoms with Crippen molar-refractivity contribution < 1.29 is 9.53 Å². The number of carbonyl (C=O) groups excluding carboxylic acids is 1. The molecule has 0 fully saturated rings. The number of hydrogen-bond acceptors (Lipinski definition) is 2. The van der Waals surface area contributed by atoms with E-state index in [-0.39, 0.29) is 5.97 Å². The molecule has 2 nitrogen and oxygen atoms in total. The van der Waals surface area contributed by atoms with Gasteiger partial charge in [0, 0.05) is 4.83 Å². The van der Waals surface area contributed by atoms with E-state index in [1.165, 1.54) is 31.9 Å². The average molecular weight is 299 g/mol. The van der Waals surface area contributed by atoms with Crippen molar-refractivity contribution in [3.05, 3.63) is 35.4 Å². The predicted octanol–water partition coefficient (Wildman–Crippen LogP) is 4.49. The summed E-state index contributed by atoms with van der Waals surface area (Å²) < 4.78 is 4.67. The van der Waals surface area contributed by atoms with Crippen molar-refractivity contribution in [3.8, 4) is 0 Å². The highest BCUT2D eigenvalue weighted by Crippen LogP contribution is 2.28. The molecule has 0 N–H and O–H groups in total. The van der Waals surface area contributed by atoms with E-state index in [9.17, 15) is 4.79 Å². The number of benzene rings is 1. The molecule has 0 saturated heterocycles. The zero-order valence-electron chi connectivity index (χ0n) is 10.4. The highest BCUT2D eigenvalue weighted by atomic mass is 79.9. The number of unbranched alkanes of at least 4 members (excludes halogenated alkanes) is 2. The molecule has 17 heavy (non-hydrogen) atoms. The largest absolute Gasteiger partial charge is 0.465 e. The predicted molar refractivity (Wildman–Crippen MR) is 73.6 cm³/mol. The summed E-state index contributed by atoms with van der Waals surface area (Å²) in [5.41, 5.74) is 1.82. The van der Waals surface area contributed by atoms with Crippen LogP contribution >= 0.6 is 15.9 Å². The van der Waals surface area contributed by atoms with Crippen LogP contribution in [-0.4, -0.2) is 13.1 Å². The van der Waals surface area contributed by atoms with Crippen LogP contribution in [0.4, 0.5) is 0 Å². The molecule has 1 unspecified atom stereocenters. The fraction of sp³-hybridized carbons (Fsp3) is 0.500. The van der Waals surface area contributed by atoms with Crippen molar-refractivity contribution in [2.75, 3.05) is 7.11 Å². The monoisotopic (exact) mass is 298 g/mol. The minimum absolute atomic E-state index is 0.284. The molecule has 0 radical (unpaired) electrons. The summed E-state index contributed by atoms with van der Waals surface area (Å²) in [4.78, 5) is 11.6. The Bertz CT molecular complexity index is 346. The molecule has 1 aromatic carbocycles. The van der Waals surface area contributed by atoms with Gasteiger partial charge in [-0.1, -0.05) is 54.2 Å². The van der Waals surface area contributed by atoms with E-state index in [1.807, 2.05) is 24.3 Å². The summed E-state index contributed by atoms with van der Waals surface area (Å²) in [6, 6.07) is 7.60. The molecule has 0 aliphatic carbocycles. The molecule has 0 spiro atoms. The minimum atomic E-state index is -0.284. The first-order valence-corrected chi connectivity index (χ1v) is 6.93. The standard InChI is InChI=1S/C14H19BrO2/c1-3-4-5-6-13(15)11-7-9-12(10-8-11)14(16)17-2/h7-10,13H,3-6H2,1-2H3. The van der Waals surface area contributed by atoms with E-state index in [0.29, 0.717) is 10.4 Å². The lowest BCUT2D eigenvalue weighted by molar-refractivity contribution is 0.0600. The maximum Gasteiger partial charge on any atom is 0.337 e. The fourth-order valence-electron chi connectivity index (χ4n) is 1.69. The number of carbonyl (C=O) groups is 1. The lowest BCUT2D eigenvalue weighted by Gasteiger charge is -2.10. The van der Waals surface area contributed by atoms with Gasteiger partial charge in [0.2, 0.25) is 0 Å². The van der Waals surface area contributed by atoms with Gasteiger partial charge in [-0.15, -0.1) is 0 Å². The third kappa shape index (κ3) is 4.50. The number of hydrogen-bond donors (Lipinski definition) is 0. The molecule has 0 amide bonds. The first kappa shape index (κ1) is 14.2. The molecule has 0 saturated carbocycles. The summed E-state index contributed by atoms with van der Waals surface area (Å²) >= 11 is 3.68. The Morgan fingerprint density at radius 1 is 1.29 bits per heavy atom. The SMILES string of the molecule is CCCCCC(Br)c1ccc(C(=O)OC)cc1. The molecule has 1 rings (SSSR count). The minimum Gasteiger partial charge on any atom is -0.465 e. The van der Waals surface area contributed by atoms with E-state index in [4.69, 9.17) is 0 Å². The molecule has 0 aromatic heterocycles. The quantitative estimate of drug-likeness (QED) is 0.439. The molecule has 0 aliphatic rings. The van der Waals surface area contributed by atoms with E-state index in [1.54, 1.807) is 0 Å². The van der Waals surface area contributed by atoms with Gasteiger partial charge in [0.25, 0.3) is 0 Å². The van der Waals surface area contributed by atoms with Gasteiger partial charge in [0.15, 0.2) is 0 Å². The third-order valence-electron chi connectivity index (χ3n) is 2.75. The summed E-state index contributed by atoms with van der Waals surface area (Å²) in [6.07, 6.45) is 4.86. The summed E-state index contributed by atoms with van der Waals surface area (Å²) in [5.74, 6) is -0.284. The number of methoxy groups -OCH3 is 1. The van der Waals surface area contributed by atoms with Gasteiger partial charge in [-0.2, -0.15) is 0 Å². The van der Waals surface area contributed by atoms with Gasteiger partial charge in [-0.25, -0.2) is 4.79 Å². The number of esters is 1. The molecule has 3 heteroatoms. The van der Waals surface area contributed by atoms with Gasteiger partial charge < -0.3 is 4.74 Å². The Balaban J connectivity index is 2.57. The Morgan fingerprint density at radius 2 is 1.94 bits per heavy atom. The number of halogens is 1. The highest BCUT2D eigenvalue weighted by molar-refractivity contribution is 9.09. The van der Waals surface area contributed by atoms with Crippen LogP contribution in [0.1, 0.15) is 53.4 Å². The second kappa shape index (κ2) is 7.49. The van der Waals surface area contributed by atoms with Crippen LogP contribution in [0, 0.1) is 0 Å². The Kier molecular flexibility index (Phi) is 6.27. The first-order valence-electron chi connectivity index (χ1n) is 6.01. The number of alkyl halides is 1. The van der Waals surface area contributed by atoms with Crippen molar-refractivity contribution in [3.63, 3.8) is 0 Å². The maximum absolute atomic E-state index is 11.3. The van der Waals surface area contributed by atoms with Crippen LogP contribution < -0.4 is 0 Å². The van der Waals surface area contributed by atoms with Crippen LogP contribution in [0.25, 0.3) is 0 Å². The van der Waals surface area contributed by atoms with Gasteiger partial charge in [-0.05, 0) is 24.1 Å². The average Bonchev–Trinajstić information content (AvgIpc) is 2.38. The zero-order valence-corrected chi connectivity index (χ0v) is 12.0. The smallest absolute Gasteiger partial charge is 0.337 e. The van der Waals surface area contributed by atoms with E-state index >= 15 is 0 Å². The van der Waals surface area contributed by atoms with Gasteiger partial charge in [-0.3, -0.25) is 0 Å². The molecule has 0 bridgehead atoms. The summed E-state index contributed by atoms with van der Waals surface area (Å²) in [6.45, 7) is 2.20. The Morgan fingerprint density at radius 3 is 2.47 bits per heavy atom. The Labute approximate surface area is 111 Å². The highest BCUT2D eigenvalue weighted by Gasteiger charge is 2.09. The maximum atomic E-state index is 11.3. The second-order valence-electron chi connectivity index (χ2n) is 4.08. The second-order valence-corrected chi connectivity index (χ2v) is 5.18. The van der Waals surface area contributed by atoms with Crippen molar-refractivity contribution in [2.24, 2.45) is 0 Å². The summed E-state index contributed by atoms with van der Waals surface area (Å²) in [5, 5.41) is 0. The molecule has 94 valence electrons. The van der Waals surface area contributed by atoms with Crippen molar-refractivity contribution in [1.82, 2.24) is 0 Å². The van der Waals surface area contributed by atoms with E-state index in [2.05, 4.69) is 27.6 Å². The topological polar surface area (TPSA) is 26.3 Å². The van der Waals surface area contributed by atoms with Crippen LogP contribution in [0.15, 0.2) is 24.3 Å². The third-order valence-corrected chi connectivity index (χ3v) is 3.74. The molecule has 1 aromatic rings. The van der Waals surface area contributed by atoms with E-state index in [0.717, 1.165) is 6.42 Å². The molecule has 0 heterocycles. The Hall–Kier alpha value is -0.830. The van der Waals surface area contributed by atoms with Crippen LogP contribution in [0.5, 0.6) is 0 Å². The van der Waals surface area contributed by atoms with Gasteiger partial charge in [0.1, 0.15) is 0 Å². The van der Waals surface area contributed by atoms with Crippen LogP contribution in [0.2, 0.25) is 0 Å². The van der Waals surface area contributed by atoms with E-state index < -0.39 is 0 Å². The lowest BCUT2D eigenvalue weighted by Crippen LogP contribution is -2.01. The lowest BCUT2D eigenvalue weighted by atomic mass is 10.0. The molecule has 1 atom stereocenters. The summed E-state index contributed by atoms with van der Waals surface area (Å²) in [7, 11) is 1.40. The van der Waals surface area contributed by atoms with Crippen molar-refractivity contribution in [1.29, 1.82) is 0 Å². The molecular weight excluding hydrogens is 280 g/mol. The van der Waals surface area contributed by atoms with Gasteiger partial charge in [0.05, 0.1) is 12.7 Å². The van der Waals surface area contributed by atoms with Crippen LogP contribution in [0.3, 0.4) is 0 Å². The van der Waals surface area contributed by atoms with Crippen molar-refractivity contribution in [2.45, 2.75) is 37.4 Å². The fourth-order valence-corrected chi connectivity index (χ4v) is 2.32. The number of rotatable bonds is 6. The van der Waals surface area contributed by atoms with Crippen molar-refractivity contribution >= 4 is 21.9 Å². The number of ether oxygens (including phenoxy) is 1.